The number of nitrogens with zero attached hydrogens (tertiary/aromatic N) is 2. The van der Waals surface area contributed by atoms with E-state index >= 15 is 0 Å². The Morgan fingerprint density at radius 3 is 2.73 bits per heavy atom. The average Bonchev–Trinajstić information content (AvgIpc) is 2.49. The van der Waals surface area contributed by atoms with Crippen molar-refractivity contribution >= 4 is 12.2 Å². The molecule has 5 heteroatoms. The SMILES string of the molecule is Cc1cc(F)ccc1-c1n[nH]c(=S)n1C. The summed E-state index contributed by atoms with van der Waals surface area (Å²) in [7, 11) is 1.82. The molecule has 1 aromatic heterocycles. The van der Waals surface area contributed by atoms with E-state index in [0.29, 0.717) is 4.77 Å². The first kappa shape index (κ1) is 10.0. The van der Waals surface area contributed by atoms with Gasteiger partial charge in [-0.1, -0.05) is 0 Å². The van der Waals surface area contributed by atoms with E-state index < -0.39 is 0 Å². The van der Waals surface area contributed by atoms with Crippen LogP contribution in [-0.2, 0) is 7.05 Å². The van der Waals surface area contributed by atoms with Gasteiger partial charge in [-0.25, -0.2) is 4.39 Å². The van der Waals surface area contributed by atoms with Gasteiger partial charge in [0.05, 0.1) is 0 Å². The molecule has 0 saturated carbocycles. The molecule has 15 heavy (non-hydrogen) atoms. The number of hydrogen-bond acceptors (Lipinski definition) is 2. The minimum Gasteiger partial charge on any atom is -0.303 e. The Balaban J connectivity index is 2.64. The molecule has 1 N–H and O–H groups in total. The summed E-state index contributed by atoms with van der Waals surface area (Å²) in [5.41, 5.74) is 1.72. The third-order valence-corrected chi connectivity index (χ3v) is 2.67. The summed E-state index contributed by atoms with van der Waals surface area (Å²) < 4.78 is 15.2. The maximum atomic E-state index is 12.9. The lowest BCUT2D eigenvalue weighted by Crippen LogP contribution is -1.95. The zero-order valence-electron chi connectivity index (χ0n) is 8.41. The van der Waals surface area contributed by atoms with Crippen LogP contribution in [-0.4, -0.2) is 14.8 Å². The molecule has 78 valence electrons. The van der Waals surface area contributed by atoms with Gasteiger partial charge in [0.15, 0.2) is 10.6 Å². The first-order valence-electron chi connectivity index (χ1n) is 4.47. The number of hydrogen-bond donors (Lipinski definition) is 1. The second-order valence-corrected chi connectivity index (χ2v) is 3.76. The minimum atomic E-state index is -0.243. The summed E-state index contributed by atoms with van der Waals surface area (Å²) in [5, 5.41) is 6.80. The van der Waals surface area contributed by atoms with Crippen LogP contribution in [0.2, 0.25) is 0 Å². The molecule has 0 aliphatic heterocycles. The van der Waals surface area contributed by atoms with Gasteiger partial charge in [-0.2, -0.15) is 5.10 Å². The van der Waals surface area contributed by atoms with E-state index in [2.05, 4.69) is 10.2 Å². The molecule has 0 unspecified atom stereocenters. The largest absolute Gasteiger partial charge is 0.303 e. The van der Waals surface area contributed by atoms with Crippen molar-refractivity contribution in [3.05, 3.63) is 34.4 Å². The smallest absolute Gasteiger partial charge is 0.195 e. The summed E-state index contributed by atoms with van der Waals surface area (Å²) in [6.07, 6.45) is 0. The van der Waals surface area contributed by atoms with Gasteiger partial charge in [0.1, 0.15) is 5.82 Å². The lowest BCUT2D eigenvalue weighted by molar-refractivity contribution is 0.626. The first-order chi connectivity index (χ1) is 7.09. The summed E-state index contributed by atoms with van der Waals surface area (Å²) in [4.78, 5) is 0. The Morgan fingerprint density at radius 2 is 2.20 bits per heavy atom. The van der Waals surface area contributed by atoms with Crippen LogP contribution in [0.25, 0.3) is 11.4 Å². The Hall–Kier alpha value is -1.49. The van der Waals surface area contributed by atoms with E-state index in [-0.39, 0.29) is 5.82 Å². The molecular formula is C10H10FN3S. The fraction of sp³-hybridized carbons (Fsp3) is 0.200. The topological polar surface area (TPSA) is 33.6 Å². The molecule has 2 rings (SSSR count). The van der Waals surface area contributed by atoms with Gasteiger partial charge in [-0.15, -0.1) is 0 Å². The van der Waals surface area contributed by atoms with Crippen molar-refractivity contribution in [2.45, 2.75) is 6.92 Å². The highest BCUT2D eigenvalue weighted by atomic mass is 32.1. The van der Waals surface area contributed by atoms with Gasteiger partial charge in [0.25, 0.3) is 0 Å². The van der Waals surface area contributed by atoms with Crippen LogP contribution in [0.4, 0.5) is 4.39 Å². The van der Waals surface area contributed by atoms with Crippen molar-refractivity contribution in [1.82, 2.24) is 14.8 Å². The summed E-state index contributed by atoms with van der Waals surface area (Å²) >= 11 is 5.01. The van der Waals surface area contributed by atoms with Crippen molar-refractivity contribution < 1.29 is 4.39 Å². The van der Waals surface area contributed by atoms with E-state index in [1.807, 2.05) is 14.0 Å². The third-order valence-electron chi connectivity index (χ3n) is 2.31. The molecule has 0 amide bonds. The van der Waals surface area contributed by atoms with Crippen molar-refractivity contribution in [3.8, 4) is 11.4 Å². The number of halogens is 1. The highest BCUT2D eigenvalue weighted by molar-refractivity contribution is 7.71. The lowest BCUT2D eigenvalue weighted by Gasteiger charge is -2.04. The molecule has 0 radical (unpaired) electrons. The molecule has 2 aromatic rings. The molecule has 0 saturated heterocycles. The van der Waals surface area contributed by atoms with Crippen molar-refractivity contribution in [3.63, 3.8) is 0 Å². The van der Waals surface area contributed by atoms with E-state index in [9.17, 15) is 4.39 Å². The predicted molar refractivity (Wildman–Crippen MR) is 58.5 cm³/mol. The summed E-state index contributed by atoms with van der Waals surface area (Å²) in [6, 6.07) is 4.60. The number of aromatic amines is 1. The van der Waals surface area contributed by atoms with E-state index in [1.165, 1.54) is 12.1 Å². The third kappa shape index (κ3) is 1.70. The first-order valence-corrected chi connectivity index (χ1v) is 4.88. The molecule has 0 spiro atoms. The molecule has 1 heterocycles. The van der Waals surface area contributed by atoms with Gasteiger partial charge in [0.2, 0.25) is 0 Å². The van der Waals surface area contributed by atoms with Crippen molar-refractivity contribution in [2.75, 3.05) is 0 Å². The maximum absolute atomic E-state index is 12.9. The average molecular weight is 223 g/mol. The monoisotopic (exact) mass is 223 g/mol. The number of H-pyrrole nitrogens is 1. The Labute approximate surface area is 91.6 Å². The lowest BCUT2D eigenvalue weighted by atomic mass is 10.1. The molecule has 0 atom stereocenters. The fourth-order valence-electron chi connectivity index (χ4n) is 1.47. The van der Waals surface area contributed by atoms with Gasteiger partial charge >= 0.3 is 0 Å². The predicted octanol–water partition coefficient (Wildman–Crippen LogP) is 2.59. The highest BCUT2D eigenvalue weighted by Crippen LogP contribution is 2.21. The fourth-order valence-corrected chi connectivity index (χ4v) is 1.60. The standard InChI is InChI=1S/C10H10FN3S/c1-6-5-7(11)3-4-8(6)9-12-13-10(15)14(9)2/h3-5H,1-2H3,(H,13,15). The Kier molecular flexibility index (Phi) is 2.40. The van der Waals surface area contributed by atoms with Crippen LogP contribution in [0.1, 0.15) is 5.56 Å². The number of nitrogens with one attached hydrogen (secondary N) is 1. The van der Waals surface area contributed by atoms with Crippen LogP contribution < -0.4 is 0 Å². The normalized spacial score (nSPS) is 10.6. The maximum Gasteiger partial charge on any atom is 0.195 e. The Bertz CT molecular complexity index is 556. The van der Waals surface area contributed by atoms with Crippen molar-refractivity contribution in [1.29, 1.82) is 0 Å². The van der Waals surface area contributed by atoms with Gasteiger partial charge < -0.3 is 4.57 Å². The zero-order chi connectivity index (χ0) is 11.0. The van der Waals surface area contributed by atoms with E-state index in [0.717, 1.165) is 17.0 Å². The molecule has 0 fully saturated rings. The van der Waals surface area contributed by atoms with Crippen LogP contribution in [0.5, 0.6) is 0 Å². The van der Waals surface area contributed by atoms with Crippen LogP contribution >= 0.6 is 12.2 Å². The zero-order valence-corrected chi connectivity index (χ0v) is 9.23. The second kappa shape index (κ2) is 3.58. The van der Waals surface area contributed by atoms with Crippen LogP contribution in [0.3, 0.4) is 0 Å². The summed E-state index contributed by atoms with van der Waals surface area (Å²) in [5.74, 6) is 0.477. The van der Waals surface area contributed by atoms with E-state index in [4.69, 9.17) is 12.2 Å². The molecular weight excluding hydrogens is 213 g/mol. The Morgan fingerprint density at radius 1 is 1.47 bits per heavy atom. The number of aromatic nitrogens is 3. The quantitative estimate of drug-likeness (QED) is 0.754. The van der Waals surface area contributed by atoms with Crippen LogP contribution in [0, 0.1) is 17.5 Å². The highest BCUT2D eigenvalue weighted by Gasteiger charge is 2.08. The second-order valence-electron chi connectivity index (χ2n) is 3.37. The molecule has 3 nitrogen and oxygen atoms in total. The number of aryl methyl sites for hydroxylation is 1. The molecule has 0 aliphatic carbocycles. The minimum absolute atomic E-state index is 0.243. The van der Waals surface area contributed by atoms with Crippen molar-refractivity contribution in [2.24, 2.45) is 7.05 Å². The van der Waals surface area contributed by atoms with Gasteiger partial charge in [-0.3, -0.25) is 5.10 Å². The van der Waals surface area contributed by atoms with Gasteiger partial charge in [-0.05, 0) is 42.9 Å². The molecule has 1 aromatic carbocycles. The summed E-state index contributed by atoms with van der Waals surface area (Å²) in [6.45, 7) is 1.84. The number of benzene rings is 1. The molecule has 0 aliphatic rings. The number of rotatable bonds is 1. The van der Waals surface area contributed by atoms with Gasteiger partial charge in [0, 0.05) is 12.6 Å². The van der Waals surface area contributed by atoms with E-state index in [1.54, 1.807) is 10.6 Å². The van der Waals surface area contributed by atoms with Crippen LogP contribution in [0.15, 0.2) is 18.2 Å². The molecule has 0 bridgehead atoms.